The average Bonchev–Trinajstić information content (AvgIpc) is 3.17. The van der Waals surface area contributed by atoms with E-state index in [0.29, 0.717) is 32.2 Å². The SMILES string of the molecule is C=CCOC(=O)N1c2cc(OCCCC(C)=O)c(F)cc2C(=O)N2CCC[C@H]2C1O. The molecule has 162 valence electrons. The number of rotatable bonds is 7. The molecule has 0 bridgehead atoms. The number of Topliss-reactive ketones (excluding diaryl/α,β-unsaturated/α-hetero) is 1. The van der Waals surface area contributed by atoms with E-state index in [9.17, 15) is 23.9 Å². The smallest absolute Gasteiger partial charge is 0.416 e. The second-order valence-electron chi connectivity index (χ2n) is 7.31. The molecule has 0 saturated carbocycles. The topological polar surface area (TPSA) is 96.4 Å². The van der Waals surface area contributed by atoms with Gasteiger partial charge in [-0.3, -0.25) is 4.79 Å². The van der Waals surface area contributed by atoms with Crippen LogP contribution < -0.4 is 9.64 Å². The molecular weight excluding hydrogens is 395 g/mol. The van der Waals surface area contributed by atoms with Crippen molar-refractivity contribution < 1.29 is 33.4 Å². The van der Waals surface area contributed by atoms with Crippen molar-refractivity contribution in [3.63, 3.8) is 0 Å². The summed E-state index contributed by atoms with van der Waals surface area (Å²) in [4.78, 5) is 39.2. The molecule has 1 fully saturated rings. The summed E-state index contributed by atoms with van der Waals surface area (Å²) in [5, 5.41) is 10.9. The summed E-state index contributed by atoms with van der Waals surface area (Å²) in [6.45, 7) is 5.34. The predicted octanol–water partition coefficient (Wildman–Crippen LogP) is 2.64. The first-order chi connectivity index (χ1) is 14.3. The average molecular weight is 420 g/mol. The van der Waals surface area contributed by atoms with Gasteiger partial charge in [-0.25, -0.2) is 14.1 Å². The number of ketones is 1. The molecule has 2 aliphatic heterocycles. The molecule has 2 atom stereocenters. The third kappa shape index (κ3) is 4.30. The lowest BCUT2D eigenvalue weighted by molar-refractivity contribution is -0.117. The maximum absolute atomic E-state index is 14.7. The minimum atomic E-state index is -1.36. The van der Waals surface area contributed by atoms with Gasteiger partial charge in [-0.15, -0.1) is 0 Å². The van der Waals surface area contributed by atoms with E-state index < -0.39 is 30.1 Å². The molecule has 3 rings (SSSR count). The number of hydrogen-bond donors (Lipinski definition) is 1. The van der Waals surface area contributed by atoms with E-state index >= 15 is 0 Å². The number of carbonyl (C=O) groups is 3. The molecule has 1 aromatic rings. The lowest BCUT2D eigenvalue weighted by Gasteiger charge is -2.31. The van der Waals surface area contributed by atoms with Gasteiger partial charge in [0.15, 0.2) is 17.8 Å². The van der Waals surface area contributed by atoms with Gasteiger partial charge in [-0.05, 0) is 32.3 Å². The van der Waals surface area contributed by atoms with Crippen molar-refractivity contribution in [2.75, 3.05) is 24.7 Å². The summed E-state index contributed by atoms with van der Waals surface area (Å²) in [5.41, 5.74) is -0.0403. The van der Waals surface area contributed by atoms with Gasteiger partial charge in [0, 0.05) is 19.0 Å². The lowest BCUT2D eigenvalue weighted by atomic mass is 10.1. The molecule has 0 aromatic heterocycles. The van der Waals surface area contributed by atoms with Crippen LogP contribution in [0.5, 0.6) is 5.75 Å². The molecule has 0 radical (unpaired) electrons. The van der Waals surface area contributed by atoms with Crippen molar-refractivity contribution in [3.05, 3.63) is 36.2 Å². The van der Waals surface area contributed by atoms with E-state index in [2.05, 4.69) is 6.58 Å². The number of anilines is 1. The quantitative estimate of drug-likeness (QED) is 0.538. The first-order valence-corrected chi connectivity index (χ1v) is 9.86. The molecule has 8 nitrogen and oxygen atoms in total. The third-order valence-corrected chi connectivity index (χ3v) is 5.16. The lowest BCUT2D eigenvalue weighted by Crippen LogP contribution is -2.50. The highest BCUT2D eigenvalue weighted by Gasteiger charge is 2.45. The highest BCUT2D eigenvalue weighted by atomic mass is 19.1. The van der Waals surface area contributed by atoms with Crippen LogP contribution >= 0.6 is 0 Å². The number of ether oxygens (including phenoxy) is 2. The first kappa shape index (κ1) is 21.8. The number of carbonyl (C=O) groups excluding carboxylic acids is 3. The van der Waals surface area contributed by atoms with E-state index in [1.165, 1.54) is 24.0 Å². The minimum absolute atomic E-state index is 0.00792. The maximum atomic E-state index is 14.7. The number of halogens is 1. The number of benzene rings is 1. The van der Waals surface area contributed by atoms with Crippen LogP contribution in [-0.4, -0.2) is 59.8 Å². The van der Waals surface area contributed by atoms with Gasteiger partial charge in [-0.2, -0.15) is 0 Å². The van der Waals surface area contributed by atoms with Gasteiger partial charge in [0.25, 0.3) is 5.91 Å². The maximum Gasteiger partial charge on any atom is 0.416 e. The molecule has 2 amide bonds. The Kier molecular flexibility index (Phi) is 6.71. The van der Waals surface area contributed by atoms with Crippen LogP contribution in [0.1, 0.15) is 43.0 Å². The second kappa shape index (κ2) is 9.25. The summed E-state index contributed by atoms with van der Waals surface area (Å²) in [7, 11) is 0. The number of nitrogens with zero attached hydrogens (tertiary/aromatic N) is 2. The molecule has 1 saturated heterocycles. The third-order valence-electron chi connectivity index (χ3n) is 5.16. The normalized spacial score (nSPS) is 20.3. The molecule has 0 spiro atoms. The van der Waals surface area contributed by atoms with Crippen molar-refractivity contribution in [2.45, 2.75) is 44.9 Å². The fourth-order valence-corrected chi connectivity index (χ4v) is 3.76. The molecule has 9 heteroatoms. The fraction of sp³-hybridized carbons (Fsp3) is 0.476. The van der Waals surface area contributed by atoms with Gasteiger partial charge < -0.3 is 24.3 Å². The zero-order chi connectivity index (χ0) is 21.8. The fourth-order valence-electron chi connectivity index (χ4n) is 3.76. The van der Waals surface area contributed by atoms with Crippen molar-refractivity contribution in [1.29, 1.82) is 0 Å². The Morgan fingerprint density at radius 2 is 2.17 bits per heavy atom. The van der Waals surface area contributed by atoms with E-state index in [-0.39, 0.29) is 36.0 Å². The molecule has 2 aliphatic rings. The number of aliphatic hydroxyl groups is 1. The van der Waals surface area contributed by atoms with Crippen molar-refractivity contribution in [1.82, 2.24) is 4.90 Å². The van der Waals surface area contributed by atoms with Crippen LogP contribution in [0.15, 0.2) is 24.8 Å². The highest BCUT2D eigenvalue weighted by Crippen LogP contribution is 2.38. The van der Waals surface area contributed by atoms with Gasteiger partial charge in [-0.1, -0.05) is 12.7 Å². The standard InChI is InChI=1S/C21H25FN2O6/c1-3-9-30-21(28)24-17-12-18(29-10-5-6-13(2)25)15(22)11-14(17)19(26)23-8-4-7-16(23)20(24)27/h3,11-12,16,20,27H,1,4-10H2,2H3/t16-,20?/m0/s1. The minimum Gasteiger partial charge on any atom is -0.490 e. The van der Waals surface area contributed by atoms with Crippen LogP contribution in [-0.2, 0) is 9.53 Å². The van der Waals surface area contributed by atoms with Crippen LogP contribution in [0.25, 0.3) is 0 Å². The zero-order valence-corrected chi connectivity index (χ0v) is 16.8. The summed E-state index contributed by atoms with van der Waals surface area (Å²) in [6.07, 6.45) is 1.01. The highest BCUT2D eigenvalue weighted by molar-refractivity contribution is 6.05. The molecule has 1 aromatic carbocycles. The van der Waals surface area contributed by atoms with Crippen LogP contribution in [0.2, 0.25) is 0 Å². The molecule has 1 unspecified atom stereocenters. The van der Waals surface area contributed by atoms with Crippen molar-refractivity contribution >= 4 is 23.5 Å². The summed E-state index contributed by atoms with van der Waals surface area (Å²) >= 11 is 0. The Hall–Kier alpha value is -2.94. The zero-order valence-electron chi connectivity index (χ0n) is 16.8. The van der Waals surface area contributed by atoms with E-state index in [1.807, 2.05) is 0 Å². The predicted molar refractivity (Wildman–Crippen MR) is 106 cm³/mol. The number of hydrogen-bond acceptors (Lipinski definition) is 6. The van der Waals surface area contributed by atoms with Crippen LogP contribution in [0.3, 0.4) is 0 Å². The number of aliphatic hydroxyl groups excluding tert-OH is 1. The van der Waals surface area contributed by atoms with Gasteiger partial charge >= 0.3 is 6.09 Å². The molecular formula is C21H25FN2O6. The molecule has 2 heterocycles. The summed E-state index contributed by atoms with van der Waals surface area (Å²) < 4.78 is 25.2. The summed E-state index contributed by atoms with van der Waals surface area (Å²) in [5.74, 6) is -1.42. The Bertz CT molecular complexity index is 858. The van der Waals surface area contributed by atoms with Crippen LogP contribution in [0, 0.1) is 5.82 Å². The Labute approximate surface area is 173 Å². The van der Waals surface area contributed by atoms with E-state index in [1.54, 1.807) is 0 Å². The van der Waals surface area contributed by atoms with E-state index in [4.69, 9.17) is 9.47 Å². The van der Waals surface area contributed by atoms with Gasteiger partial charge in [0.1, 0.15) is 12.4 Å². The Morgan fingerprint density at radius 1 is 1.40 bits per heavy atom. The first-order valence-electron chi connectivity index (χ1n) is 9.86. The van der Waals surface area contributed by atoms with Gasteiger partial charge in [0.2, 0.25) is 0 Å². The number of fused-ring (bicyclic) bond motifs is 2. The largest absolute Gasteiger partial charge is 0.490 e. The number of amides is 2. The van der Waals surface area contributed by atoms with Crippen molar-refractivity contribution in [2.24, 2.45) is 0 Å². The second-order valence-corrected chi connectivity index (χ2v) is 7.31. The van der Waals surface area contributed by atoms with Gasteiger partial charge in [0.05, 0.1) is 23.9 Å². The Morgan fingerprint density at radius 3 is 2.87 bits per heavy atom. The monoisotopic (exact) mass is 420 g/mol. The Balaban J connectivity index is 1.99. The molecule has 1 N–H and O–H groups in total. The summed E-state index contributed by atoms with van der Waals surface area (Å²) in [6, 6.07) is 1.61. The molecule has 30 heavy (non-hydrogen) atoms. The van der Waals surface area contributed by atoms with Crippen molar-refractivity contribution in [3.8, 4) is 5.75 Å². The van der Waals surface area contributed by atoms with E-state index in [0.717, 1.165) is 11.0 Å². The molecule has 0 aliphatic carbocycles. The van der Waals surface area contributed by atoms with Crippen LogP contribution in [0.4, 0.5) is 14.9 Å².